The molecule has 1 atom stereocenters. The summed E-state index contributed by atoms with van der Waals surface area (Å²) >= 11 is 0. The number of nitrogens with zero attached hydrogens (tertiary/aromatic N) is 2. The van der Waals surface area contributed by atoms with Gasteiger partial charge in [-0.2, -0.15) is 5.10 Å². The Hall–Kier alpha value is -1.59. The van der Waals surface area contributed by atoms with E-state index in [9.17, 15) is 0 Å². The summed E-state index contributed by atoms with van der Waals surface area (Å²) < 4.78 is 7.20. The van der Waals surface area contributed by atoms with Gasteiger partial charge in [0.2, 0.25) is 0 Å². The van der Waals surface area contributed by atoms with Crippen molar-refractivity contribution in [3.8, 4) is 0 Å². The van der Waals surface area contributed by atoms with Crippen LogP contribution in [0.15, 0.2) is 28.9 Å². The SMILES string of the molecule is CCc1cc(C(Cc2ccco2)NN)n(C)n1. The monoisotopic (exact) mass is 234 g/mol. The molecule has 2 heterocycles. The zero-order valence-corrected chi connectivity index (χ0v) is 10.2. The van der Waals surface area contributed by atoms with Crippen molar-refractivity contribution in [3.63, 3.8) is 0 Å². The van der Waals surface area contributed by atoms with Crippen LogP contribution in [0.25, 0.3) is 0 Å². The first-order chi connectivity index (χ1) is 8.24. The summed E-state index contributed by atoms with van der Waals surface area (Å²) in [5.41, 5.74) is 4.96. The van der Waals surface area contributed by atoms with E-state index in [2.05, 4.69) is 23.5 Å². The van der Waals surface area contributed by atoms with Gasteiger partial charge in [-0.05, 0) is 24.6 Å². The second-order valence-electron chi connectivity index (χ2n) is 4.04. The van der Waals surface area contributed by atoms with Crippen molar-refractivity contribution in [2.45, 2.75) is 25.8 Å². The third kappa shape index (κ3) is 2.57. The second kappa shape index (κ2) is 5.16. The number of furan rings is 1. The Morgan fingerprint density at radius 3 is 2.94 bits per heavy atom. The molecule has 0 fully saturated rings. The first kappa shape index (κ1) is 11.9. The Morgan fingerprint density at radius 2 is 2.41 bits per heavy atom. The van der Waals surface area contributed by atoms with Crippen LogP contribution >= 0.6 is 0 Å². The highest BCUT2D eigenvalue weighted by atomic mass is 16.3. The Balaban J connectivity index is 2.19. The van der Waals surface area contributed by atoms with Crippen LogP contribution in [0.1, 0.15) is 30.1 Å². The van der Waals surface area contributed by atoms with Gasteiger partial charge in [0, 0.05) is 13.5 Å². The van der Waals surface area contributed by atoms with Crippen LogP contribution in [0.2, 0.25) is 0 Å². The number of rotatable bonds is 5. The first-order valence-corrected chi connectivity index (χ1v) is 5.76. The summed E-state index contributed by atoms with van der Waals surface area (Å²) in [6.07, 6.45) is 3.31. The molecule has 0 aliphatic carbocycles. The molecule has 0 aliphatic heterocycles. The maximum absolute atomic E-state index is 5.61. The maximum Gasteiger partial charge on any atom is 0.105 e. The quantitative estimate of drug-likeness (QED) is 0.605. The molecule has 0 radical (unpaired) electrons. The van der Waals surface area contributed by atoms with E-state index in [-0.39, 0.29) is 6.04 Å². The number of nitrogens with one attached hydrogen (secondary N) is 1. The second-order valence-corrected chi connectivity index (χ2v) is 4.04. The zero-order valence-electron chi connectivity index (χ0n) is 10.2. The molecule has 3 N–H and O–H groups in total. The molecule has 0 bridgehead atoms. The van der Waals surface area contributed by atoms with Gasteiger partial charge in [0.05, 0.1) is 23.7 Å². The number of nitrogens with two attached hydrogens (primary N) is 1. The molecular formula is C12H18N4O. The Labute approximate surface area is 101 Å². The van der Waals surface area contributed by atoms with Gasteiger partial charge < -0.3 is 4.42 Å². The standard InChI is InChI=1S/C12H18N4O/c1-3-9-7-12(16(2)15-9)11(14-13)8-10-5-4-6-17-10/h4-7,11,14H,3,8,13H2,1-2H3. The van der Waals surface area contributed by atoms with Gasteiger partial charge >= 0.3 is 0 Å². The van der Waals surface area contributed by atoms with Crippen LogP contribution in [-0.2, 0) is 19.9 Å². The number of aryl methyl sites for hydroxylation is 2. The lowest BCUT2D eigenvalue weighted by atomic mass is 10.1. The van der Waals surface area contributed by atoms with Crippen LogP contribution in [0.4, 0.5) is 0 Å². The lowest BCUT2D eigenvalue weighted by Gasteiger charge is -2.14. The van der Waals surface area contributed by atoms with Crippen molar-refractivity contribution in [3.05, 3.63) is 41.6 Å². The predicted octanol–water partition coefficient (Wildman–Crippen LogP) is 1.32. The normalized spacial score (nSPS) is 12.9. The minimum atomic E-state index is 0.0129. The van der Waals surface area contributed by atoms with E-state index in [4.69, 9.17) is 10.3 Å². The molecule has 0 aliphatic rings. The van der Waals surface area contributed by atoms with Gasteiger partial charge in [0.1, 0.15) is 5.76 Å². The van der Waals surface area contributed by atoms with E-state index in [0.717, 1.165) is 23.6 Å². The van der Waals surface area contributed by atoms with E-state index in [1.165, 1.54) is 0 Å². The predicted molar refractivity (Wildman–Crippen MR) is 65.1 cm³/mol. The average Bonchev–Trinajstić information content (AvgIpc) is 2.95. The Morgan fingerprint density at radius 1 is 1.59 bits per heavy atom. The van der Waals surface area contributed by atoms with Crippen molar-refractivity contribution in [2.24, 2.45) is 12.9 Å². The summed E-state index contributed by atoms with van der Waals surface area (Å²) in [4.78, 5) is 0. The van der Waals surface area contributed by atoms with Crippen LogP contribution in [-0.4, -0.2) is 9.78 Å². The zero-order chi connectivity index (χ0) is 12.3. The fourth-order valence-electron chi connectivity index (χ4n) is 1.92. The van der Waals surface area contributed by atoms with Gasteiger partial charge in [-0.1, -0.05) is 6.92 Å². The van der Waals surface area contributed by atoms with Crippen molar-refractivity contribution in [2.75, 3.05) is 0 Å². The molecule has 2 rings (SSSR count). The lowest BCUT2D eigenvalue weighted by Crippen LogP contribution is -2.31. The van der Waals surface area contributed by atoms with Crippen molar-refractivity contribution < 1.29 is 4.42 Å². The largest absolute Gasteiger partial charge is 0.469 e. The third-order valence-electron chi connectivity index (χ3n) is 2.87. The average molecular weight is 234 g/mol. The maximum atomic E-state index is 5.61. The molecule has 92 valence electrons. The van der Waals surface area contributed by atoms with Gasteiger partial charge in [0.15, 0.2) is 0 Å². The fraction of sp³-hybridized carbons (Fsp3) is 0.417. The summed E-state index contributed by atoms with van der Waals surface area (Å²) in [5, 5.41) is 4.42. The Bertz CT molecular complexity index is 461. The molecule has 2 aromatic heterocycles. The molecule has 0 saturated heterocycles. The number of hydrazine groups is 1. The molecule has 1 unspecified atom stereocenters. The van der Waals surface area contributed by atoms with Crippen molar-refractivity contribution in [1.29, 1.82) is 0 Å². The van der Waals surface area contributed by atoms with Gasteiger partial charge in [-0.3, -0.25) is 16.0 Å². The summed E-state index contributed by atoms with van der Waals surface area (Å²) in [6, 6.07) is 5.91. The van der Waals surface area contributed by atoms with E-state index < -0.39 is 0 Å². The van der Waals surface area contributed by atoms with Crippen LogP contribution in [0.5, 0.6) is 0 Å². The van der Waals surface area contributed by atoms with E-state index in [1.807, 2.05) is 23.9 Å². The summed E-state index contributed by atoms with van der Waals surface area (Å²) in [5.74, 6) is 6.52. The molecule has 2 aromatic rings. The third-order valence-corrected chi connectivity index (χ3v) is 2.87. The minimum absolute atomic E-state index is 0.0129. The van der Waals surface area contributed by atoms with Crippen LogP contribution in [0, 0.1) is 0 Å². The molecule has 5 nitrogen and oxygen atoms in total. The molecule has 5 heteroatoms. The molecule has 17 heavy (non-hydrogen) atoms. The van der Waals surface area contributed by atoms with E-state index in [1.54, 1.807) is 6.26 Å². The highest BCUT2D eigenvalue weighted by molar-refractivity contribution is 5.16. The summed E-state index contributed by atoms with van der Waals surface area (Å²) in [6.45, 7) is 2.09. The molecule has 0 amide bonds. The molecule has 0 aromatic carbocycles. The van der Waals surface area contributed by atoms with Gasteiger partial charge in [0.25, 0.3) is 0 Å². The number of hydrogen-bond acceptors (Lipinski definition) is 4. The topological polar surface area (TPSA) is 69.0 Å². The number of hydrogen-bond donors (Lipinski definition) is 2. The van der Waals surface area contributed by atoms with Crippen molar-refractivity contribution in [1.82, 2.24) is 15.2 Å². The molecule has 0 saturated carbocycles. The van der Waals surface area contributed by atoms with Gasteiger partial charge in [-0.25, -0.2) is 0 Å². The van der Waals surface area contributed by atoms with Crippen LogP contribution in [0.3, 0.4) is 0 Å². The number of aromatic nitrogens is 2. The Kier molecular flexibility index (Phi) is 3.61. The van der Waals surface area contributed by atoms with E-state index in [0.29, 0.717) is 6.42 Å². The van der Waals surface area contributed by atoms with Crippen molar-refractivity contribution >= 4 is 0 Å². The minimum Gasteiger partial charge on any atom is -0.469 e. The van der Waals surface area contributed by atoms with Gasteiger partial charge in [-0.15, -0.1) is 0 Å². The highest BCUT2D eigenvalue weighted by Crippen LogP contribution is 2.18. The first-order valence-electron chi connectivity index (χ1n) is 5.76. The fourth-order valence-corrected chi connectivity index (χ4v) is 1.92. The molecule has 0 spiro atoms. The van der Waals surface area contributed by atoms with E-state index >= 15 is 0 Å². The molecular weight excluding hydrogens is 216 g/mol. The smallest absolute Gasteiger partial charge is 0.105 e. The highest BCUT2D eigenvalue weighted by Gasteiger charge is 2.16. The van der Waals surface area contributed by atoms with Crippen LogP contribution < -0.4 is 11.3 Å². The summed E-state index contributed by atoms with van der Waals surface area (Å²) in [7, 11) is 1.93. The lowest BCUT2D eigenvalue weighted by molar-refractivity contribution is 0.439.